The van der Waals surface area contributed by atoms with E-state index in [-0.39, 0.29) is 5.92 Å². The van der Waals surface area contributed by atoms with Crippen molar-refractivity contribution in [3.8, 4) is 0 Å². The summed E-state index contributed by atoms with van der Waals surface area (Å²) >= 11 is 0. The van der Waals surface area contributed by atoms with Gasteiger partial charge in [-0.2, -0.15) is 0 Å². The molecule has 37 heavy (non-hydrogen) atoms. The van der Waals surface area contributed by atoms with Crippen molar-refractivity contribution in [2.24, 2.45) is 11.8 Å². The highest BCUT2D eigenvalue weighted by molar-refractivity contribution is 5.78. The summed E-state index contributed by atoms with van der Waals surface area (Å²) in [7, 11) is 0. The number of unbranched alkanes of at least 4 members (excludes halogenated alkanes) is 20. The van der Waals surface area contributed by atoms with Gasteiger partial charge in [-0.05, 0) is 25.2 Å². The Balaban J connectivity index is 4.10. The van der Waals surface area contributed by atoms with Gasteiger partial charge in [0.05, 0.1) is 0 Å². The van der Waals surface area contributed by atoms with Gasteiger partial charge in [-0.15, -0.1) is 0 Å². The molecule has 0 aromatic heterocycles. The van der Waals surface area contributed by atoms with E-state index >= 15 is 0 Å². The maximum absolute atomic E-state index is 13.1. The summed E-state index contributed by atoms with van der Waals surface area (Å²) in [5.41, 5.74) is 0. The van der Waals surface area contributed by atoms with Crippen LogP contribution < -0.4 is 5.32 Å². The molecule has 1 amide bonds. The highest BCUT2D eigenvalue weighted by Crippen LogP contribution is 2.21. The molecule has 0 aliphatic heterocycles. The summed E-state index contributed by atoms with van der Waals surface area (Å²) in [6.07, 6.45) is 36.0. The Hall–Kier alpha value is -0.530. The summed E-state index contributed by atoms with van der Waals surface area (Å²) < 4.78 is 0. The minimum atomic E-state index is 0.249. The van der Waals surface area contributed by atoms with Gasteiger partial charge in [-0.1, -0.05) is 182 Å². The first-order chi connectivity index (χ1) is 18.2. The van der Waals surface area contributed by atoms with Crippen molar-refractivity contribution in [1.82, 2.24) is 5.32 Å². The fraction of sp³-hybridized carbons (Fsp3) is 0.971. The van der Waals surface area contributed by atoms with Crippen molar-refractivity contribution >= 4 is 5.91 Å². The number of carbonyl (C=O) groups excluding carboxylic acids is 1. The van der Waals surface area contributed by atoms with Crippen LogP contribution in [0, 0.1) is 11.8 Å². The third-order valence-corrected chi connectivity index (χ3v) is 8.42. The van der Waals surface area contributed by atoms with Gasteiger partial charge in [-0.25, -0.2) is 0 Å². The number of amides is 1. The van der Waals surface area contributed by atoms with Gasteiger partial charge in [0.15, 0.2) is 0 Å². The third-order valence-electron chi connectivity index (χ3n) is 8.42. The van der Waals surface area contributed by atoms with Crippen LogP contribution in [0.15, 0.2) is 0 Å². The van der Waals surface area contributed by atoms with Crippen molar-refractivity contribution in [2.75, 3.05) is 6.54 Å². The Morgan fingerprint density at radius 2 is 0.784 bits per heavy atom. The Morgan fingerprint density at radius 1 is 0.459 bits per heavy atom. The van der Waals surface area contributed by atoms with Gasteiger partial charge in [-0.3, -0.25) is 4.79 Å². The quantitative estimate of drug-likeness (QED) is 0.0935. The molecule has 0 spiro atoms. The molecule has 0 rings (SSSR count). The molecule has 2 nitrogen and oxygen atoms in total. The molecule has 0 heterocycles. The molecule has 0 aromatic carbocycles. The molecule has 0 saturated carbocycles. The Labute approximate surface area is 235 Å². The standard InChI is InChI=1S/C35H71NO/c1-5-8-11-14-17-18-19-21-24-27-30-34(29-26-23-16-13-10-7-3)35(37)36-32-31-33(4)28-25-22-20-15-12-9-6-2/h33-34H,5-32H2,1-4H3,(H,36,37). The van der Waals surface area contributed by atoms with E-state index in [0.717, 1.165) is 31.7 Å². The predicted octanol–water partition coefficient (Wildman–Crippen LogP) is 11.9. The lowest BCUT2D eigenvalue weighted by atomic mass is 9.93. The first kappa shape index (κ1) is 36.5. The Bertz CT molecular complexity index is 449. The zero-order chi connectivity index (χ0) is 27.2. The van der Waals surface area contributed by atoms with Gasteiger partial charge in [0, 0.05) is 12.5 Å². The van der Waals surface area contributed by atoms with Crippen LogP contribution in [0.25, 0.3) is 0 Å². The van der Waals surface area contributed by atoms with Gasteiger partial charge in [0.25, 0.3) is 0 Å². The van der Waals surface area contributed by atoms with E-state index in [2.05, 4.69) is 33.0 Å². The maximum atomic E-state index is 13.1. The molecule has 0 fully saturated rings. The van der Waals surface area contributed by atoms with Gasteiger partial charge in [0.2, 0.25) is 5.91 Å². The van der Waals surface area contributed by atoms with E-state index in [1.165, 1.54) is 154 Å². The Kier molecular flexibility index (Phi) is 29.6. The highest BCUT2D eigenvalue weighted by atomic mass is 16.1. The van der Waals surface area contributed by atoms with E-state index < -0.39 is 0 Å². The van der Waals surface area contributed by atoms with Crippen LogP contribution in [0.2, 0.25) is 0 Å². The summed E-state index contributed by atoms with van der Waals surface area (Å²) in [5, 5.41) is 3.35. The molecule has 2 heteroatoms. The van der Waals surface area contributed by atoms with Gasteiger partial charge in [0.1, 0.15) is 0 Å². The lowest BCUT2D eigenvalue weighted by molar-refractivity contribution is -0.125. The van der Waals surface area contributed by atoms with Crippen LogP contribution in [0.5, 0.6) is 0 Å². The lowest BCUT2D eigenvalue weighted by Gasteiger charge is -2.18. The number of carbonyl (C=O) groups is 1. The summed E-state index contributed by atoms with van der Waals surface area (Å²) in [6.45, 7) is 10.1. The summed E-state index contributed by atoms with van der Waals surface area (Å²) in [5.74, 6) is 1.33. The average Bonchev–Trinajstić information content (AvgIpc) is 2.89. The van der Waals surface area contributed by atoms with Crippen LogP contribution in [-0.4, -0.2) is 12.5 Å². The minimum Gasteiger partial charge on any atom is -0.356 e. The smallest absolute Gasteiger partial charge is 0.223 e. The minimum absolute atomic E-state index is 0.249. The lowest BCUT2D eigenvalue weighted by Crippen LogP contribution is -2.32. The molecule has 0 aliphatic rings. The molecule has 0 aliphatic carbocycles. The van der Waals surface area contributed by atoms with Crippen LogP contribution >= 0.6 is 0 Å². The molecule has 0 aromatic rings. The molecule has 2 atom stereocenters. The molecular weight excluding hydrogens is 450 g/mol. The zero-order valence-electron chi connectivity index (χ0n) is 26.4. The average molecular weight is 522 g/mol. The second-order valence-electron chi connectivity index (χ2n) is 12.3. The number of rotatable bonds is 30. The van der Waals surface area contributed by atoms with Gasteiger partial charge >= 0.3 is 0 Å². The summed E-state index contributed by atoms with van der Waals surface area (Å²) in [6, 6.07) is 0. The van der Waals surface area contributed by atoms with E-state index in [1.807, 2.05) is 0 Å². The topological polar surface area (TPSA) is 29.1 Å². The first-order valence-corrected chi connectivity index (χ1v) is 17.4. The predicted molar refractivity (Wildman–Crippen MR) is 167 cm³/mol. The maximum Gasteiger partial charge on any atom is 0.223 e. The molecular formula is C35H71NO. The fourth-order valence-electron chi connectivity index (χ4n) is 5.64. The molecule has 2 unspecified atom stereocenters. The zero-order valence-corrected chi connectivity index (χ0v) is 26.4. The molecule has 1 N–H and O–H groups in total. The molecule has 0 bridgehead atoms. The summed E-state index contributed by atoms with van der Waals surface area (Å²) in [4.78, 5) is 13.1. The SMILES string of the molecule is CCCCCCCCCCCCC(CCCCCCCC)C(=O)NCCC(C)CCCCCCCCC. The van der Waals surface area contributed by atoms with Crippen LogP contribution in [0.1, 0.15) is 201 Å². The van der Waals surface area contributed by atoms with Crippen LogP contribution in [0.3, 0.4) is 0 Å². The Morgan fingerprint density at radius 3 is 1.16 bits per heavy atom. The van der Waals surface area contributed by atoms with Crippen molar-refractivity contribution < 1.29 is 4.79 Å². The number of nitrogens with one attached hydrogen (secondary N) is 1. The molecule has 0 saturated heterocycles. The number of hydrogen-bond donors (Lipinski definition) is 1. The largest absolute Gasteiger partial charge is 0.356 e. The van der Waals surface area contributed by atoms with E-state index in [4.69, 9.17) is 0 Å². The van der Waals surface area contributed by atoms with Crippen LogP contribution in [0.4, 0.5) is 0 Å². The second kappa shape index (κ2) is 30.0. The van der Waals surface area contributed by atoms with E-state index in [0.29, 0.717) is 5.91 Å². The first-order valence-electron chi connectivity index (χ1n) is 17.4. The number of hydrogen-bond acceptors (Lipinski definition) is 1. The van der Waals surface area contributed by atoms with Crippen LogP contribution in [-0.2, 0) is 4.79 Å². The van der Waals surface area contributed by atoms with Gasteiger partial charge < -0.3 is 5.32 Å². The van der Waals surface area contributed by atoms with E-state index in [1.54, 1.807) is 0 Å². The monoisotopic (exact) mass is 522 g/mol. The normalized spacial score (nSPS) is 13.1. The molecule has 222 valence electrons. The van der Waals surface area contributed by atoms with Crippen molar-refractivity contribution in [3.63, 3.8) is 0 Å². The fourth-order valence-corrected chi connectivity index (χ4v) is 5.64. The second-order valence-corrected chi connectivity index (χ2v) is 12.3. The van der Waals surface area contributed by atoms with Crippen molar-refractivity contribution in [2.45, 2.75) is 201 Å². The van der Waals surface area contributed by atoms with Crippen molar-refractivity contribution in [3.05, 3.63) is 0 Å². The van der Waals surface area contributed by atoms with Crippen molar-refractivity contribution in [1.29, 1.82) is 0 Å². The highest BCUT2D eigenvalue weighted by Gasteiger charge is 2.17. The molecule has 0 radical (unpaired) electrons. The third kappa shape index (κ3) is 26.8. The van der Waals surface area contributed by atoms with E-state index in [9.17, 15) is 4.79 Å².